The molecular formula is C44H90KO4P. The van der Waals surface area contributed by atoms with Crippen molar-refractivity contribution in [1.82, 2.24) is 0 Å². The maximum absolute atomic E-state index is 12.0. The van der Waals surface area contributed by atoms with Crippen molar-refractivity contribution in [2.24, 2.45) is 0 Å². The summed E-state index contributed by atoms with van der Waals surface area (Å²) in [5, 5.41) is 0. The van der Waals surface area contributed by atoms with Crippen molar-refractivity contribution in [2.75, 3.05) is 13.2 Å². The fraction of sp³-hybridized carbons (Fsp3) is 1.00. The molecule has 0 aliphatic heterocycles. The van der Waals surface area contributed by atoms with Crippen molar-refractivity contribution in [2.45, 2.75) is 271 Å². The van der Waals surface area contributed by atoms with Crippen LogP contribution in [0.15, 0.2) is 0 Å². The Morgan fingerprint density at radius 1 is 0.300 bits per heavy atom. The van der Waals surface area contributed by atoms with E-state index >= 15 is 0 Å². The first-order chi connectivity index (χ1) is 24.1. The molecule has 0 amide bonds. The number of phosphoric ester groups is 1. The van der Waals surface area contributed by atoms with Crippen LogP contribution < -0.4 is 56.3 Å². The van der Waals surface area contributed by atoms with Crippen LogP contribution in [0.4, 0.5) is 0 Å². The summed E-state index contributed by atoms with van der Waals surface area (Å²) >= 11 is 0. The minimum absolute atomic E-state index is 0. The average molecular weight is 753 g/mol. The Labute approximate surface area is 358 Å². The molecule has 0 aliphatic rings. The van der Waals surface area contributed by atoms with Crippen molar-refractivity contribution in [3.8, 4) is 0 Å². The van der Waals surface area contributed by atoms with Gasteiger partial charge in [0.25, 0.3) is 7.82 Å². The summed E-state index contributed by atoms with van der Waals surface area (Å²) in [6.45, 7) is 5.11. The smallest absolute Gasteiger partial charge is 0.756 e. The monoisotopic (exact) mass is 753 g/mol. The van der Waals surface area contributed by atoms with Crippen LogP contribution in [-0.4, -0.2) is 13.2 Å². The minimum atomic E-state index is -4.13. The first-order valence-electron chi connectivity index (χ1n) is 22.7. The first kappa shape index (κ1) is 53.8. The van der Waals surface area contributed by atoms with E-state index in [9.17, 15) is 9.46 Å². The van der Waals surface area contributed by atoms with Gasteiger partial charge in [-0.2, -0.15) is 0 Å². The summed E-state index contributed by atoms with van der Waals surface area (Å²) in [5.74, 6) is 0. The standard InChI is InChI=1S/C44H91O4P.K/c1-3-5-7-9-11-13-15-17-19-21-23-25-27-29-31-33-35-37-39-41-43-47-49(45,46)48-44-42-40-38-36-34-32-30-28-26-24-22-20-18-16-14-12-10-8-6-4-2;/h3-44H2,1-2H3,(H,45,46);/q;+1/p-1. The molecule has 0 spiro atoms. The predicted molar refractivity (Wildman–Crippen MR) is 216 cm³/mol. The van der Waals surface area contributed by atoms with Crippen LogP contribution in [0.3, 0.4) is 0 Å². The van der Waals surface area contributed by atoms with E-state index in [-0.39, 0.29) is 64.6 Å². The van der Waals surface area contributed by atoms with E-state index in [1.165, 1.54) is 231 Å². The Bertz CT molecular complexity index is 600. The summed E-state index contributed by atoms with van der Waals surface area (Å²) in [5.41, 5.74) is 0. The fourth-order valence-electron chi connectivity index (χ4n) is 7.10. The van der Waals surface area contributed by atoms with Gasteiger partial charge in [0.2, 0.25) is 0 Å². The Morgan fingerprint density at radius 2 is 0.440 bits per heavy atom. The Hall–Kier alpha value is 1.75. The summed E-state index contributed by atoms with van der Waals surface area (Å²) in [7, 11) is -4.13. The minimum Gasteiger partial charge on any atom is -0.756 e. The number of rotatable bonds is 44. The van der Waals surface area contributed by atoms with Crippen molar-refractivity contribution >= 4 is 7.82 Å². The predicted octanol–water partition coefficient (Wildman–Crippen LogP) is 13.1. The van der Waals surface area contributed by atoms with Crippen LogP contribution in [0.25, 0.3) is 0 Å². The van der Waals surface area contributed by atoms with Crippen LogP contribution in [0.5, 0.6) is 0 Å². The molecule has 0 aromatic heterocycles. The molecule has 0 saturated heterocycles. The van der Waals surface area contributed by atoms with Gasteiger partial charge in [-0.1, -0.05) is 258 Å². The number of unbranched alkanes of at least 4 members (excludes halogenated alkanes) is 38. The van der Waals surface area contributed by atoms with Crippen molar-refractivity contribution in [3.05, 3.63) is 0 Å². The molecule has 0 bridgehead atoms. The van der Waals surface area contributed by atoms with Gasteiger partial charge in [-0.05, 0) is 12.8 Å². The molecule has 0 saturated carbocycles. The van der Waals surface area contributed by atoms with E-state index in [4.69, 9.17) is 9.05 Å². The van der Waals surface area contributed by atoms with Crippen molar-refractivity contribution in [1.29, 1.82) is 0 Å². The van der Waals surface area contributed by atoms with Gasteiger partial charge in [0.1, 0.15) is 0 Å². The number of phosphoric acid groups is 1. The second-order valence-corrected chi connectivity index (χ2v) is 17.0. The van der Waals surface area contributed by atoms with E-state index in [0.29, 0.717) is 0 Å². The van der Waals surface area contributed by atoms with Gasteiger partial charge >= 0.3 is 51.4 Å². The van der Waals surface area contributed by atoms with Gasteiger partial charge in [0.05, 0.1) is 13.2 Å². The van der Waals surface area contributed by atoms with Crippen LogP contribution in [-0.2, 0) is 13.6 Å². The summed E-state index contributed by atoms with van der Waals surface area (Å²) < 4.78 is 22.2. The zero-order valence-electron chi connectivity index (χ0n) is 34.8. The molecule has 6 heteroatoms. The molecule has 50 heavy (non-hydrogen) atoms. The molecule has 0 N–H and O–H groups in total. The Morgan fingerprint density at radius 3 is 0.600 bits per heavy atom. The molecule has 0 heterocycles. The SMILES string of the molecule is CCCCCCCCCCCCCCCCCCCCCCOP(=O)([O-])OCCCCCCCCCCCCCCCCCCCCCC.[K+]. The Kier molecular flexibility index (Phi) is 50.5. The molecule has 0 radical (unpaired) electrons. The van der Waals surface area contributed by atoms with Gasteiger partial charge in [-0.25, -0.2) is 0 Å². The van der Waals surface area contributed by atoms with E-state index in [2.05, 4.69) is 13.8 Å². The number of hydrogen-bond donors (Lipinski definition) is 0. The van der Waals surface area contributed by atoms with Gasteiger partial charge in [-0.3, -0.25) is 4.57 Å². The van der Waals surface area contributed by atoms with E-state index in [1.807, 2.05) is 0 Å². The zero-order chi connectivity index (χ0) is 35.6. The third kappa shape index (κ3) is 47.8. The molecule has 296 valence electrons. The molecule has 0 rings (SSSR count). The number of hydrogen-bond acceptors (Lipinski definition) is 4. The molecular weight excluding hydrogens is 663 g/mol. The Balaban J connectivity index is 0. The molecule has 0 aliphatic carbocycles. The quantitative estimate of drug-likeness (QED) is 0.0353. The maximum atomic E-state index is 12.0. The topological polar surface area (TPSA) is 58.6 Å². The molecule has 0 unspecified atom stereocenters. The van der Waals surface area contributed by atoms with Gasteiger partial charge in [0, 0.05) is 0 Å². The average Bonchev–Trinajstić information content (AvgIpc) is 3.09. The summed E-state index contributed by atoms with van der Waals surface area (Å²) in [6, 6.07) is 0. The first-order valence-corrected chi connectivity index (χ1v) is 24.2. The van der Waals surface area contributed by atoms with E-state index in [0.717, 1.165) is 25.7 Å². The fourth-order valence-corrected chi connectivity index (χ4v) is 7.88. The van der Waals surface area contributed by atoms with Crippen LogP contribution in [0.2, 0.25) is 0 Å². The van der Waals surface area contributed by atoms with Crippen LogP contribution in [0, 0.1) is 0 Å². The maximum Gasteiger partial charge on any atom is 1.00 e. The van der Waals surface area contributed by atoms with Crippen LogP contribution in [0.1, 0.15) is 271 Å². The second-order valence-electron chi connectivity index (χ2n) is 15.5. The zero-order valence-corrected chi connectivity index (χ0v) is 38.8. The molecule has 0 fully saturated rings. The van der Waals surface area contributed by atoms with Gasteiger partial charge in [0.15, 0.2) is 0 Å². The third-order valence-corrected chi connectivity index (χ3v) is 11.5. The second kappa shape index (κ2) is 46.9. The molecule has 0 aromatic carbocycles. The van der Waals surface area contributed by atoms with E-state index in [1.54, 1.807) is 0 Å². The third-order valence-electron chi connectivity index (χ3n) is 10.5. The van der Waals surface area contributed by atoms with Crippen molar-refractivity contribution < 1.29 is 69.9 Å². The molecule has 0 atom stereocenters. The van der Waals surface area contributed by atoms with Gasteiger partial charge in [-0.15, -0.1) is 0 Å². The normalized spacial score (nSPS) is 11.7. The van der Waals surface area contributed by atoms with Gasteiger partial charge < -0.3 is 13.9 Å². The van der Waals surface area contributed by atoms with Crippen LogP contribution >= 0.6 is 7.82 Å². The largest absolute Gasteiger partial charge is 1.00 e. The molecule has 4 nitrogen and oxygen atoms in total. The summed E-state index contributed by atoms with van der Waals surface area (Å²) in [6.07, 6.45) is 53.6. The molecule has 0 aromatic rings. The summed E-state index contributed by atoms with van der Waals surface area (Å²) in [4.78, 5) is 12.0. The van der Waals surface area contributed by atoms with E-state index < -0.39 is 7.82 Å². The van der Waals surface area contributed by atoms with Crippen molar-refractivity contribution in [3.63, 3.8) is 0 Å².